The summed E-state index contributed by atoms with van der Waals surface area (Å²) in [7, 11) is 0. The van der Waals surface area contributed by atoms with E-state index in [1.165, 1.54) is 12.1 Å². The molecular weight excluding hydrogens is 367 g/mol. The van der Waals surface area contributed by atoms with Gasteiger partial charge in [0, 0.05) is 10.6 Å². The first kappa shape index (κ1) is 18.6. The normalized spacial score (nSPS) is 11.5. The van der Waals surface area contributed by atoms with Crippen molar-refractivity contribution >= 4 is 29.1 Å². The zero-order valence-electron chi connectivity index (χ0n) is 14.2. The van der Waals surface area contributed by atoms with Gasteiger partial charge in [-0.3, -0.25) is 9.59 Å². The summed E-state index contributed by atoms with van der Waals surface area (Å²) in [6.07, 6.45) is 0. The van der Waals surface area contributed by atoms with E-state index in [-0.39, 0.29) is 10.7 Å². The van der Waals surface area contributed by atoms with E-state index in [1.54, 1.807) is 60.7 Å². The average Bonchev–Trinajstić information content (AvgIpc) is 2.69. The van der Waals surface area contributed by atoms with Crippen LogP contribution < -0.4 is 10.6 Å². The lowest BCUT2D eigenvalue weighted by molar-refractivity contribution is -0.118. The Morgan fingerprint density at radius 1 is 0.889 bits per heavy atom. The minimum Gasteiger partial charge on any atom is -0.336 e. The number of carbonyl (C=O) groups is 2. The lowest BCUT2D eigenvalue weighted by Gasteiger charge is -2.19. The van der Waals surface area contributed by atoms with Gasteiger partial charge in [0.2, 0.25) is 0 Å². The van der Waals surface area contributed by atoms with Gasteiger partial charge in [0.05, 0.1) is 5.69 Å². The van der Waals surface area contributed by atoms with Crippen LogP contribution in [0.1, 0.15) is 22.0 Å². The Morgan fingerprint density at radius 3 is 2.15 bits per heavy atom. The molecule has 0 bridgehead atoms. The molecule has 6 heteroatoms. The van der Waals surface area contributed by atoms with Gasteiger partial charge in [0.1, 0.15) is 11.9 Å². The van der Waals surface area contributed by atoms with Crippen molar-refractivity contribution in [3.05, 3.63) is 101 Å². The summed E-state index contributed by atoms with van der Waals surface area (Å²) in [5.74, 6) is -1.63. The summed E-state index contributed by atoms with van der Waals surface area (Å²) in [4.78, 5) is 25.3. The van der Waals surface area contributed by atoms with Crippen molar-refractivity contribution in [3.63, 3.8) is 0 Å². The van der Waals surface area contributed by atoms with Crippen molar-refractivity contribution in [2.75, 3.05) is 5.32 Å². The highest BCUT2D eigenvalue weighted by Crippen LogP contribution is 2.21. The fourth-order valence-electron chi connectivity index (χ4n) is 2.55. The second-order valence-electron chi connectivity index (χ2n) is 5.80. The lowest BCUT2D eigenvalue weighted by Crippen LogP contribution is -2.37. The number of amides is 2. The molecule has 1 unspecified atom stereocenters. The molecule has 4 nitrogen and oxygen atoms in total. The van der Waals surface area contributed by atoms with Gasteiger partial charge in [-0.15, -0.1) is 0 Å². The van der Waals surface area contributed by atoms with Crippen LogP contribution in [0.2, 0.25) is 5.02 Å². The highest BCUT2D eigenvalue weighted by Gasteiger charge is 2.24. The molecule has 0 aliphatic heterocycles. The molecular formula is C21H16ClFN2O2. The highest BCUT2D eigenvalue weighted by atomic mass is 35.5. The smallest absolute Gasteiger partial charge is 0.252 e. The van der Waals surface area contributed by atoms with Crippen LogP contribution >= 0.6 is 11.6 Å². The second-order valence-corrected chi connectivity index (χ2v) is 6.23. The van der Waals surface area contributed by atoms with Gasteiger partial charge >= 0.3 is 0 Å². The molecule has 0 fully saturated rings. The van der Waals surface area contributed by atoms with Crippen molar-refractivity contribution in [2.24, 2.45) is 0 Å². The van der Waals surface area contributed by atoms with Crippen LogP contribution in [0, 0.1) is 5.82 Å². The van der Waals surface area contributed by atoms with Crippen molar-refractivity contribution in [3.8, 4) is 0 Å². The second kappa shape index (κ2) is 8.47. The average molecular weight is 383 g/mol. The van der Waals surface area contributed by atoms with Gasteiger partial charge in [-0.2, -0.15) is 0 Å². The van der Waals surface area contributed by atoms with Crippen molar-refractivity contribution in [1.82, 2.24) is 5.32 Å². The monoisotopic (exact) mass is 382 g/mol. The standard InChI is InChI=1S/C21H16ClFN2O2/c22-16-11-12-18(17(23)13-16)24-21(27)19(14-7-3-1-4-8-14)25-20(26)15-9-5-2-6-10-15/h1-13,19H,(H,24,27)(H,25,26). The summed E-state index contributed by atoms with van der Waals surface area (Å²) in [5, 5.41) is 5.43. The molecule has 0 spiro atoms. The third kappa shape index (κ3) is 4.71. The molecule has 27 heavy (non-hydrogen) atoms. The molecule has 0 saturated heterocycles. The SMILES string of the molecule is O=C(NC(C(=O)Nc1ccc(Cl)cc1F)c1ccccc1)c1ccccc1. The Labute approximate surface area is 161 Å². The maximum Gasteiger partial charge on any atom is 0.252 e. The first-order chi connectivity index (χ1) is 13.0. The van der Waals surface area contributed by atoms with Gasteiger partial charge in [0.15, 0.2) is 0 Å². The van der Waals surface area contributed by atoms with E-state index in [0.29, 0.717) is 11.1 Å². The molecule has 1 atom stereocenters. The molecule has 0 heterocycles. The summed E-state index contributed by atoms with van der Waals surface area (Å²) >= 11 is 5.74. The Balaban J connectivity index is 1.85. The minimum absolute atomic E-state index is 0.0145. The summed E-state index contributed by atoms with van der Waals surface area (Å²) in [6.45, 7) is 0. The number of carbonyl (C=O) groups excluding carboxylic acids is 2. The first-order valence-corrected chi connectivity index (χ1v) is 8.59. The van der Waals surface area contributed by atoms with Gasteiger partial charge < -0.3 is 10.6 Å². The number of halogens is 2. The van der Waals surface area contributed by atoms with Crippen molar-refractivity contribution in [2.45, 2.75) is 6.04 Å². The van der Waals surface area contributed by atoms with Gasteiger partial charge in [0.25, 0.3) is 11.8 Å². The van der Waals surface area contributed by atoms with Crippen LogP contribution in [0.5, 0.6) is 0 Å². The van der Waals surface area contributed by atoms with E-state index in [9.17, 15) is 14.0 Å². The van der Waals surface area contributed by atoms with Crippen LogP contribution in [0.25, 0.3) is 0 Å². The number of rotatable bonds is 5. The van der Waals surface area contributed by atoms with Gasteiger partial charge in [-0.05, 0) is 35.9 Å². The zero-order valence-corrected chi connectivity index (χ0v) is 14.9. The predicted octanol–water partition coefficient (Wildman–Crippen LogP) is 4.59. The first-order valence-electron chi connectivity index (χ1n) is 8.21. The van der Waals surface area contributed by atoms with Crippen LogP contribution in [-0.4, -0.2) is 11.8 Å². The molecule has 3 aromatic rings. The zero-order chi connectivity index (χ0) is 19.2. The molecule has 3 aromatic carbocycles. The highest BCUT2D eigenvalue weighted by molar-refractivity contribution is 6.30. The fraction of sp³-hybridized carbons (Fsp3) is 0.0476. The van der Waals surface area contributed by atoms with E-state index in [1.807, 2.05) is 0 Å². The topological polar surface area (TPSA) is 58.2 Å². The third-order valence-corrected chi connectivity index (χ3v) is 4.13. The molecule has 136 valence electrons. The van der Waals surface area contributed by atoms with E-state index in [0.717, 1.165) is 6.07 Å². The Morgan fingerprint density at radius 2 is 1.52 bits per heavy atom. The fourth-order valence-corrected chi connectivity index (χ4v) is 2.70. The van der Waals surface area contributed by atoms with Crippen LogP contribution in [-0.2, 0) is 4.79 Å². The van der Waals surface area contributed by atoms with Gasteiger partial charge in [-0.25, -0.2) is 4.39 Å². The van der Waals surface area contributed by atoms with Crippen LogP contribution in [0.4, 0.5) is 10.1 Å². The number of benzene rings is 3. The van der Waals surface area contributed by atoms with Crippen molar-refractivity contribution in [1.29, 1.82) is 0 Å². The maximum atomic E-state index is 14.0. The summed E-state index contributed by atoms with van der Waals surface area (Å²) in [6, 6.07) is 20.3. The molecule has 0 aliphatic carbocycles. The Hall–Kier alpha value is -3.18. The summed E-state index contributed by atoms with van der Waals surface area (Å²) in [5.41, 5.74) is 0.983. The number of hydrogen-bond donors (Lipinski definition) is 2. The minimum atomic E-state index is -0.992. The molecule has 0 saturated carbocycles. The third-order valence-electron chi connectivity index (χ3n) is 3.90. The quantitative estimate of drug-likeness (QED) is 0.678. The number of hydrogen-bond acceptors (Lipinski definition) is 2. The molecule has 2 amide bonds. The van der Waals surface area contributed by atoms with Crippen LogP contribution in [0.15, 0.2) is 78.9 Å². The molecule has 0 radical (unpaired) electrons. The summed E-state index contributed by atoms with van der Waals surface area (Å²) < 4.78 is 14.0. The molecule has 2 N–H and O–H groups in total. The number of anilines is 1. The molecule has 0 aliphatic rings. The largest absolute Gasteiger partial charge is 0.336 e. The lowest BCUT2D eigenvalue weighted by atomic mass is 10.1. The van der Waals surface area contributed by atoms with Gasteiger partial charge in [-0.1, -0.05) is 60.1 Å². The Kier molecular flexibility index (Phi) is 5.84. The van der Waals surface area contributed by atoms with E-state index in [2.05, 4.69) is 10.6 Å². The maximum absolute atomic E-state index is 14.0. The Bertz CT molecular complexity index is 949. The van der Waals surface area contributed by atoms with E-state index >= 15 is 0 Å². The van der Waals surface area contributed by atoms with E-state index < -0.39 is 23.7 Å². The van der Waals surface area contributed by atoms with E-state index in [4.69, 9.17) is 11.6 Å². The van der Waals surface area contributed by atoms with Crippen LogP contribution in [0.3, 0.4) is 0 Å². The molecule has 0 aromatic heterocycles. The van der Waals surface area contributed by atoms with Crippen molar-refractivity contribution < 1.29 is 14.0 Å². The number of nitrogens with one attached hydrogen (secondary N) is 2. The predicted molar refractivity (Wildman–Crippen MR) is 103 cm³/mol. The molecule has 3 rings (SSSR count).